The fourth-order valence-electron chi connectivity index (χ4n) is 3.61. The highest BCUT2D eigenvalue weighted by Crippen LogP contribution is 2.24. The van der Waals surface area contributed by atoms with E-state index in [0.29, 0.717) is 11.6 Å². The summed E-state index contributed by atoms with van der Waals surface area (Å²) in [5.41, 5.74) is 4.07. The quantitative estimate of drug-likeness (QED) is 0.595. The number of hydrogen-bond donors (Lipinski definition) is 3. The summed E-state index contributed by atoms with van der Waals surface area (Å²) in [4.78, 5) is 12.7. The van der Waals surface area contributed by atoms with Gasteiger partial charge < -0.3 is 10.6 Å². The molecule has 1 fully saturated rings. The lowest BCUT2D eigenvalue weighted by atomic mass is 9.95. The maximum atomic E-state index is 12.7. The summed E-state index contributed by atoms with van der Waals surface area (Å²) >= 11 is 0. The highest BCUT2D eigenvalue weighted by atomic mass is 16.1. The Labute approximate surface area is 159 Å². The van der Waals surface area contributed by atoms with Crippen LogP contribution in [-0.4, -0.2) is 22.1 Å². The minimum atomic E-state index is -0.171. The number of nitrogens with one attached hydrogen (secondary N) is 3. The van der Waals surface area contributed by atoms with E-state index in [1.165, 1.54) is 32.1 Å². The molecule has 0 radical (unpaired) electrons. The Morgan fingerprint density at radius 1 is 0.926 bits per heavy atom. The second-order valence-corrected chi connectivity index (χ2v) is 7.04. The third-order valence-electron chi connectivity index (χ3n) is 5.07. The molecule has 0 bridgehead atoms. The van der Waals surface area contributed by atoms with E-state index in [1.54, 1.807) is 6.20 Å². The van der Waals surface area contributed by atoms with Crippen LogP contribution in [0.25, 0.3) is 11.3 Å². The van der Waals surface area contributed by atoms with Gasteiger partial charge in [-0.2, -0.15) is 5.10 Å². The molecule has 0 unspecified atom stereocenters. The smallest absolute Gasteiger partial charge is 0.259 e. The van der Waals surface area contributed by atoms with E-state index in [-0.39, 0.29) is 5.91 Å². The molecule has 0 spiro atoms. The number of rotatable bonds is 5. The second kappa shape index (κ2) is 8.08. The number of benzene rings is 2. The zero-order valence-electron chi connectivity index (χ0n) is 15.2. The van der Waals surface area contributed by atoms with E-state index >= 15 is 0 Å². The van der Waals surface area contributed by atoms with Gasteiger partial charge in [-0.3, -0.25) is 9.89 Å². The summed E-state index contributed by atoms with van der Waals surface area (Å²) in [6, 6.07) is 18.2. The lowest BCUT2D eigenvalue weighted by molar-refractivity contribution is 0.102. The summed E-state index contributed by atoms with van der Waals surface area (Å²) in [6.07, 6.45) is 8.00. The fourth-order valence-corrected chi connectivity index (χ4v) is 3.61. The van der Waals surface area contributed by atoms with E-state index in [2.05, 4.69) is 20.8 Å². The molecule has 138 valence electrons. The molecule has 1 aliphatic rings. The molecule has 3 aromatic rings. The monoisotopic (exact) mass is 360 g/mol. The van der Waals surface area contributed by atoms with Gasteiger partial charge in [-0.25, -0.2) is 0 Å². The van der Waals surface area contributed by atoms with Gasteiger partial charge in [0.05, 0.1) is 17.5 Å². The molecule has 27 heavy (non-hydrogen) atoms. The van der Waals surface area contributed by atoms with Gasteiger partial charge >= 0.3 is 0 Å². The van der Waals surface area contributed by atoms with Crippen molar-refractivity contribution in [2.75, 3.05) is 10.6 Å². The minimum absolute atomic E-state index is 0.171. The van der Waals surface area contributed by atoms with Gasteiger partial charge in [-0.15, -0.1) is 0 Å². The summed E-state index contributed by atoms with van der Waals surface area (Å²) in [6.45, 7) is 0. The van der Waals surface area contributed by atoms with Crippen molar-refractivity contribution < 1.29 is 4.79 Å². The van der Waals surface area contributed by atoms with Crippen LogP contribution in [0.2, 0.25) is 0 Å². The zero-order valence-corrected chi connectivity index (χ0v) is 15.2. The van der Waals surface area contributed by atoms with Crippen LogP contribution in [0.15, 0.2) is 60.8 Å². The average Bonchev–Trinajstić information content (AvgIpc) is 3.21. The number of aromatic nitrogens is 2. The van der Waals surface area contributed by atoms with E-state index in [1.807, 2.05) is 54.6 Å². The van der Waals surface area contributed by atoms with E-state index < -0.39 is 0 Å². The number of carbonyl (C=O) groups is 1. The van der Waals surface area contributed by atoms with Gasteiger partial charge in [0.15, 0.2) is 0 Å². The van der Waals surface area contributed by atoms with Gasteiger partial charge in [0.25, 0.3) is 5.91 Å². The highest BCUT2D eigenvalue weighted by Gasteiger charge is 2.16. The van der Waals surface area contributed by atoms with Crippen LogP contribution in [0.3, 0.4) is 0 Å². The van der Waals surface area contributed by atoms with E-state index in [9.17, 15) is 4.79 Å². The van der Waals surface area contributed by atoms with Gasteiger partial charge in [-0.1, -0.05) is 49.6 Å². The lowest BCUT2D eigenvalue weighted by Gasteiger charge is -2.23. The summed E-state index contributed by atoms with van der Waals surface area (Å²) < 4.78 is 0. The molecule has 3 N–H and O–H groups in total. The maximum absolute atomic E-state index is 12.7. The standard InChI is InChI=1S/C22H24N4O/c27-22(20-15-23-26-21(20)16-7-3-1-4-8-16)25-19-13-11-18(12-14-19)24-17-9-5-2-6-10-17/h1,3-4,7-8,11-15,17,24H,2,5-6,9-10H2,(H,23,26)(H,25,27). The largest absolute Gasteiger partial charge is 0.382 e. The molecule has 4 rings (SSSR count). The first kappa shape index (κ1) is 17.3. The number of carbonyl (C=O) groups excluding carboxylic acids is 1. The molecule has 1 aliphatic carbocycles. The van der Waals surface area contributed by atoms with Crippen LogP contribution >= 0.6 is 0 Å². The van der Waals surface area contributed by atoms with Crippen LogP contribution in [0.5, 0.6) is 0 Å². The van der Waals surface area contributed by atoms with Gasteiger partial charge in [0.1, 0.15) is 0 Å². The Hall–Kier alpha value is -3.08. The molecule has 2 aromatic carbocycles. The molecule has 1 heterocycles. The first-order valence-corrected chi connectivity index (χ1v) is 9.56. The SMILES string of the molecule is O=C(Nc1ccc(NC2CCCCC2)cc1)c1cn[nH]c1-c1ccccc1. The van der Waals surface area contributed by atoms with Gasteiger partial charge in [-0.05, 0) is 37.1 Å². The first-order chi connectivity index (χ1) is 13.3. The predicted molar refractivity (Wildman–Crippen MR) is 109 cm³/mol. The second-order valence-electron chi connectivity index (χ2n) is 7.04. The van der Waals surface area contributed by atoms with Crippen molar-refractivity contribution in [2.24, 2.45) is 0 Å². The zero-order chi connectivity index (χ0) is 18.5. The molecule has 0 atom stereocenters. The normalized spacial score (nSPS) is 14.7. The van der Waals surface area contributed by atoms with Crippen molar-refractivity contribution >= 4 is 17.3 Å². The number of anilines is 2. The molecule has 1 aromatic heterocycles. The van der Waals surface area contributed by atoms with E-state index in [0.717, 1.165) is 22.6 Å². The molecule has 0 aliphatic heterocycles. The number of hydrogen-bond acceptors (Lipinski definition) is 3. The van der Waals surface area contributed by atoms with Crippen LogP contribution in [0.1, 0.15) is 42.5 Å². The number of aromatic amines is 1. The molecule has 5 nitrogen and oxygen atoms in total. The average molecular weight is 360 g/mol. The maximum Gasteiger partial charge on any atom is 0.259 e. The Kier molecular flexibility index (Phi) is 5.19. The lowest BCUT2D eigenvalue weighted by Crippen LogP contribution is -2.22. The Balaban J connectivity index is 1.42. The molecule has 1 saturated carbocycles. The number of H-pyrrole nitrogens is 1. The molecule has 0 saturated heterocycles. The molecule has 1 amide bonds. The number of nitrogens with zero attached hydrogens (tertiary/aromatic N) is 1. The van der Waals surface area contributed by atoms with Gasteiger partial charge in [0, 0.05) is 23.0 Å². The Morgan fingerprint density at radius 3 is 2.37 bits per heavy atom. The first-order valence-electron chi connectivity index (χ1n) is 9.56. The fraction of sp³-hybridized carbons (Fsp3) is 0.273. The highest BCUT2D eigenvalue weighted by molar-refractivity contribution is 6.08. The van der Waals surface area contributed by atoms with Crippen molar-refractivity contribution in [3.8, 4) is 11.3 Å². The Morgan fingerprint density at radius 2 is 1.63 bits per heavy atom. The van der Waals surface area contributed by atoms with Crippen LogP contribution in [0.4, 0.5) is 11.4 Å². The summed E-state index contributed by atoms with van der Waals surface area (Å²) in [5, 5.41) is 13.5. The molecule has 5 heteroatoms. The van der Waals surface area contributed by atoms with Crippen LogP contribution < -0.4 is 10.6 Å². The van der Waals surface area contributed by atoms with Crippen LogP contribution in [-0.2, 0) is 0 Å². The Bertz CT molecular complexity index is 880. The third-order valence-corrected chi connectivity index (χ3v) is 5.07. The number of amides is 1. The molecular weight excluding hydrogens is 336 g/mol. The van der Waals surface area contributed by atoms with E-state index in [4.69, 9.17) is 0 Å². The van der Waals surface area contributed by atoms with Gasteiger partial charge in [0.2, 0.25) is 0 Å². The van der Waals surface area contributed by atoms with Crippen molar-refractivity contribution in [3.05, 3.63) is 66.4 Å². The summed E-state index contributed by atoms with van der Waals surface area (Å²) in [5.74, 6) is -0.171. The predicted octanol–water partition coefficient (Wildman–Crippen LogP) is 5.07. The van der Waals surface area contributed by atoms with Crippen molar-refractivity contribution in [2.45, 2.75) is 38.1 Å². The van der Waals surface area contributed by atoms with Crippen molar-refractivity contribution in [1.82, 2.24) is 10.2 Å². The van der Waals surface area contributed by atoms with Crippen LogP contribution in [0, 0.1) is 0 Å². The minimum Gasteiger partial charge on any atom is -0.382 e. The van der Waals surface area contributed by atoms with Crippen molar-refractivity contribution in [1.29, 1.82) is 0 Å². The third kappa shape index (κ3) is 4.19. The van der Waals surface area contributed by atoms with Crippen molar-refractivity contribution in [3.63, 3.8) is 0 Å². The topological polar surface area (TPSA) is 69.8 Å². The summed E-state index contributed by atoms with van der Waals surface area (Å²) in [7, 11) is 0. The molecular formula is C22H24N4O.